The molecule has 4 heteroatoms. The summed E-state index contributed by atoms with van der Waals surface area (Å²) in [6.45, 7) is 2.78. The Labute approximate surface area is 135 Å². The molecule has 114 valence electrons. The van der Waals surface area contributed by atoms with Gasteiger partial charge in [-0.2, -0.15) is 0 Å². The fourth-order valence-electron chi connectivity index (χ4n) is 1.79. The molecule has 0 heterocycles. The van der Waals surface area contributed by atoms with E-state index < -0.39 is 0 Å². The van der Waals surface area contributed by atoms with E-state index in [1.165, 1.54) is 6.08 Å². The third-order valence-electron chi connectivity index (χ3n) is 2.94. The molecule has 22 heavy (non-hydrogen) atoms. The number of carbonyl (C=O) groups is 1. The van der Waals surface area contributed by atoms with Crippen LogP contribution < -0.4 is 10.1 Å². The van der Waals surface area contributed by atoms with Crippen LogP contribution in [0.3, 0.4) is 0 Å². The average Bonchev–Trinajstić information content (AvgIpc) is 2.54. The minimum atomic E-state index is -0.0768. The Morgan fingerprint density at radius 3 is 2.45 bits per heavy atom. The smallest absolute Gasteiger partial charge is 0.187 e. The van der Waals surface area contributed by atoms with Gasteiger partial charge in [0.1, 0.15) is 5.75 Å². The van der Waals surface area contributed by atoms with Crippen LogP contribution in [0.2, 0.25) is 5.02 Å². The molecule has 1 N–H and O–H groups in total. The summed E-state index contributed by atoms with van der Waals surface area (Å²) in [5, 5.41) is 3.67. The zero-order chi connectivity index (χ0) is 15.8. The Morgan fingerprint density at radius 1 is 1.14 bits per heavy atom. The van der Waals surface area contributed by atoms with Crippen molar-refractivity contribution >= 4 is 23.1 Å². The molecule has 0 saturated carbocycles. The fourth-order valence-corrected chi connectivity index (χ4v) is 1.92. The highest BCUT2D eigenvalue weighted by atomic mass is 35.5. The number of hydrogen-bond acceptors (Lipinski definition) is 3. The number of halogens is 1. The first-order valence-electron chi connectivity index (χ1n) is 7.15. The van der Waals surface area contributed by atoms with Crippen molar-refractivity contribution in [2.75, 3.05) is 11.9 Å². The van der Waals surface area contributed by atoms with Gasteiger partial charge in [-0.25, -0.2) is 0 Å². The van der Waals surface area contributed by atoms with E-state index in [0.717, 1.165) is 17.9 Å². The first kappa shape index (κ1) is 16.1. The standard InChI is InChI=1S/C18H18ClNO2/c1-2-13-22-17-9-7-16(8-10-17)20-12-11-18(21)14-3-5-15(19)6-4-14/h3-12,20H,2,13H2,1H3/b12-11+. The van der Waals surface area contributed by atoms with E-state index in [0.29, 0.717) is 17.2 Å². The summed E-state index contributed by atoms with van der Waals surface area (Å²) >= 11 is 5.79. The van der Waals surface area contributed by atoms with Crippen LogP contribution in [0.4, 0.5) is 5.69 Å². The van der Waals surface area contributed by atoms with Crippen molar-refractivity contribution in [3.63, 3.8) is 0 Å². The molecule has 0 spiro atoms. The number of hydrogen-bond donors (Lipinski definition) is 1. The molecule has 0 saturated heterocycles. The van der Waals surface area contributed by atoms with Crippen LogP contribution in [0.1, 0.15) is 23.7 Å². The van der Waals surface area contributed by atoms with Crippen LogP contribution in [-0.2, 0) is 0 Å². The second-order valence-corrected chi connectivity index (χ2v) is 5.16. The monoisotopic (exact) mass is 315 g/mol. The molecular formula is C18H18ClNO2. The van der Waals surface area contributed by atoms with E-state index >= 15 is 0 Å². The molecule has 2 aromatic rings. The van der Waals surface area contributed by atoms with Gasteiger partial charge in [-0.05, 0) is 55.0 Å². The highest BCUT2D eigenvalue weighted by Crippen LogP contribution is 2.16. The fraction of sp³-hybridized carbons (Fsp3) is 0.167. The number of carbonyl (C=O) groups excluding carboxylic acids is 1. The van der Waals surface area contributed by atoms with Gasteiger partial charge in [0.25, 0.3) is 0 Å². The second-order valence-electron chi connectivity index (χ2n) is 4.72. The van der Waals surface area contributed by atoms with Gasteiger partial charge in [0, 0.05) is 28.5 Å². The van der Waals surface area contributed by atoms with Gasteiger partial charge in [-0.1, -0.05) is 18.5 Å². The topological polar surface area (TPSA) is 38.3 Å². The van der Waals surface area contributed by atoms with Gasteiger partial charge in [0.2, 0.25) is 0 Å². The summed E-state index contributed by atoms with van der Waals surface area (Å²) in [6, 6.07) is 14.4. The number of rotatable bonds is 7. The van der Waals surface area contributed by atoms with Gasteiger partial charge in [-0.3, -0.25) is 4.79 Å². The minimum Gasteiger partial charge on any atom is -0.494 e. The summed E-state index contributed by atoms with van der Waals surface area (Å²) in [7, 11) is 0. The van der Waals surface area contributed by atoms with E-state index in [1.54, 1.807) is 30.5 Å². The van der Waals surface area contributed by atoms with Crippen molar-refractivity contribution in [1.29, 1.82) is 0 Å². The molecule has 0 aliphatic heterocycles. The van der Waals surface area contributed by atoms with Crippen LogP contribution >= 0.6 is 11.6 Å². The molecule has 0 radical (unpaired) electrons. The van der Waals surface area contributed by atoms with Crippen LogP contribution in [0.25, 0.3) is 0 Å². The van der Waals surface area contributed by atoms with Crippen molar-refractivity contribution in [3.8, 4) is 5.75 Å². The van der Waals surface area contributed by atoms with Crippen LogP contribution in [0, 0.1) is 0 Å². The van der Waals surface area contributed by atoms with E-state index in [4.69, 9.17) is 16.3 Å². The van der Waals surface area contributed by atoms with E-state index in [1.807, 2.05) is 24.3 Å². The number of anilines is 1. The first-order chi connectivity index (χ1) is 10.7. The molecule has 0 atom stereocenters. The van der Waals surface area contributed by atoms with Gasteiger partial charge in [-0.15, -0.1) is 0 Å². The zero-order valence-corrected chi connectivity index (χ0v) is 13.1. The molecule has 2 rings (SSSR count). The third kappa shape index (κ3) is 4.93. The van der Waals surface area contributed by atoms with Crippen molar-refractivity contribution in [1.82, 2.24) is 0 Å². The molecule has 0 unspecified atom stereocenters. The van der Waals surface area contributed by atoms with E-state index in [-0.39, 0.29) is 5.78 Å². The molecule has 0 aromatic heterocycles. The maximum absolute atomic E-state index is 11.9. The van der Waals surface area contributed by atoms with Gasteiger partial charge < -0.3 is 10.1 Å². The summed E-state index contributed by atoms with van der Waals surface area (Å²) in [6.07, 6.45) is 4.10. The molecular weight excluding hydrogens is 298 g/mol. The summed E-state index contributed by atoms with van der Waals surface area (Å²) in [5.41, 5.74) is 1.50. The summed E-state index contributed by atoms with van der Waals surface area (Å²) in [4.78, 5) is 11.9. The maximum Gasteiger partial charge on any atom is 0.187 e. The first-order valence-corrected chi connectivity index (χ1v) is 7.52. The van der Waals surface area contributed by atoms with E-state index in [9.17, 15) is 4.79 Å². The molecule has 0 bridgehead atoms. The highest BCUT2D eigenvalue weighted by Gasteiger charge is 2.00. The largest absolute Gasteiger partial charge is 0.494 e. The van der Waals surface area contributed by atoms with Gasteiger partial charge >= 0.3 is 0 Å². The molecule has 0 fully saturated rings. The Kier molecular flexibility index (Phi) is 6.04. The zero-order valence-electron chi connectivity index (χ0n) is 12.4. The van der Waals surface area contributed by atoms with Crippen molar-refractivity contribution in [2.24, 2.45) is 0 Å². The molecule has 2 aromatic carbocycles. The Balaban J connectivity index is 1.88. The highest BCUT2D eigenvalue weighted by molar-refractivity contribution is 6.30. The number of ketones is 1. The van der Waals surface area contributed by atoms with Crippen molar-refractivity contribution < 1.29 is 9.53 Å². The summed E-state index contributed by atoms with van der Waals surface area (Å²) in [5.74, 6) is 0.765. The number of ether oxygens (including phenoxy) is 1. The van der Waals surface area contributed by atoms with E-state index in [2.05, 4.69) is 12.2 Å². The normalized spacial score (nSPS) is 10.6. The Morgan fingerprint density at radius 2 is 1.82 bits per heavy atom. The van der Waals surface area contributed by atoms with Crippen LogP contribution in [-0.4, -0.2) is 12.4 Å². The predicted octanol–water partition coefficient (Wildman–Crippen LogP) is 4.94. The number of allylic oxidation sites excluding steroid dienone is 1. The quantitative estimate of drug-likeness (QED) is 0.581. The lowest BCUT2D eigenvalue weighted by molar-refractivity contribution is 0.104. The molecule has 3 nitrogen and oxygen atoms in total. The Hall–Kier alpha value is -2.26. The number of nitrogens with one attached hydrogen (secondary N) is 1. The lowest BCUT2D eigenvalue weighted by atomic mass is 10.1. The summed E-state index contributed by atoms with van der Waals surface area (Å²) < 4.78 is 5.51. The van der Waals surface area contributed by atoms with Crippen LogP contribution in [0.5, 0.6) is 5.75 Å². The Bertz CT molecular complexity index is 633. The molecule has 0 aliphatic rings. The minimum absolute atomic E-state index is 0.0768. The van der Waals surface area contributed by atoms with Crippen molar-refractivity contribution in [2.45, 2.75) is 13.3 Å². The van der Waals surface area contributed by atoms with Gasteiger partial charge in [0.05, 0.1) is 6.61 Å². The average molecular weight is 316 g/mol. The lowest BCUT2D eigenvalue weighted by Gasteiger charge is -2.05. The lowest BCUT2D eigenvalue weighted by Crippen LogP contribution is -1.97. The molecule has 0 amide bonds. The van der Waals surface area contributed by atoms with Gasteiger partial charge in [0.15, 0.2) is 5.78 Å². The predicted molar refractivity (Wildman–Crippen MR) is 90.8 cm³/mol. The maximum atomic E-state index is 11.9. The SMILES string of the molecule is CCCOc1ccc(N/C=C/C(=O)c2ccc(Cl)cc2)cc1. The molecule has 0 aliphatic carbocycles. The van der Waals surface area contributed by atoms with Crippen molar-refractivity contribution in [3.05, 3.63) is 71.4 Å². The third-order valence-corrected chi connectivity index (χ3v) is 3.19. The van der Waals surface area contributed by atoms with Crippen LogP contribution in [0.15, 0.2) is 60.8 Å². The second kappa shape index (κ2) is 8.25. The number of benzene rings is 2.